The van der Waals surface area contributed by atoms with Gasteiger partial charge in [0, 0.05) is 51.4 Å². The van der Waals surface area contributed by atoms with Crippen molar-refractivity contribution in [2.45, 2.75) is 25.9 Å². The fourth-order valence-corrected chi connectivity index (χ4v) is 2.88. The summed E-state index contributed by atoms with van der Waals surface area (Å²) in [5, 5.41) is 5.43. The third kappa shape index (κ3) is 4.65. The third-order valence-electron chi connectivity index (χ3n) is 4.44. The molecule has 1 N–H and O–H groups in total. The highest BCUT2D eigenvalue weighted by Crippen LogP contribution is 2.26. The van der Waals surface area contributed by atoms with E-state index in [-0.39, 0.29) is 24.4 Å². The van der Waals surface area contributed by atoms with Gasteiger partial charge in [-0.05, 0) is 18.6 Å². The molecular weight excluding hydrogens is 377 g/mol. The number of amides is 1. The second-order valence-electron chi connectivity index (χ2n) is 6.53. The Hall–Kier alpha value is -2.98. The average molecular weight is 396 g/mol. The van der Waals surface area contributed by atoms with Crippen molar-refractivity contribution < 1.29 is 18.0 Å². The number of carbonyl (C=O) groups excluding carboxylic acids is 1. The molecule has 3 rings (SSSR count). The van der Waals surface area contributed by atoms with Crippen LogP contribution in [0.3, 0.4) is 0 Å². The molecule has 0 bridgehead atoms. The third-order valence-corrected chi connectivity index (χ3v) is 4.44. The molecule has 1 aliphatic heterocycles. The standard InChI is InChI=1S/C17H19F3N6O2/c1-11-9-21-16(22-10-11)26-6-4-25(5-7-26)14(27)3-2-12-8-13(17(18,19)20)15(28)24-23-12/h8-10H,2-7H2,1H3,(H,24,28). The van der Waals surface area contributed by atoms with E-state index in [4.69, 9.17) is 0 Å². The Kier molecular flexibility index (Phi) is 5.61. The van der Waals surface area contributed by atoms with Gasteiger partial charge in [-0.2, -0.15) is 18.3 Å². The molecule has 8 nitrogen and oxygen atoms in total. The highest BCUT2D eigenvalue weighted by molar-refractivity contribution is 5.76. The van der Waals surface area contributed by atoms with Gasteiger partial charge in [0.25, 0.3) is 5.56 Å². The van der Waals surface area contributed by atoms with Gasteiger partial charge >= 0.3 is 6.18 Å². The molecule has 1 amide bonds. The summed E-state index contributed by atoms with van der Waals surface area (Å²) in [7, 11) is 0. The first kappa shape index (κ1) is 19.8. The van der Waals surface area contributed by atoms with Crippen LogP contribution in [0.1, 0.15) is 23.2 Å². The van der Waals surface area contributed by atoms with E-state index in [2.05, 4.69) is 15.1 Å². The minimum absolute atomic E-state index is 0.0113. The zero-order valence-corrected chi connectivity index (χ0v) is 15.2. The molecule has 2 aromatic rings. The lowest BCUT2D eigenvalue weighted by Gasteiger charge is -2.34. The van der Waals surface area contributed by atoms with Crippen molar-refractivity contribution in [3.63, 3.8) is 0 Å². The first-order chi connectivity index (χ1) is 13.2. The Balaban J connectivity index is 1.54. The van der Waals surface area contributed by atoms with Crippen molar-refractivity contribution in [3.8, 4) is 0 Å². The lowest BCUT2D eigenvalue weighted by Crippen LogP contribution is -2.49. The smallest absolute Gasteiger partial charge is 0.339 e. The van der Waals surface area contributed by atoms with Crippen LogP contribution in [0, 0.1) is 6.92 Å². The minimum atomic E-state index is -4.76. The number of alkyl halides is 3. The van der Waals surface area contributed by atoms with Gasteiger partial charge in [-0.1, -0.05) is 0 Å². The number of nitrogens with zero attached hydrogens (tertiary/aromatic N) is 5. The Bertz CT molecular complexity index is 889. The first-order valence-electron chi connectivity index (χ1n) is 8.71. The molecular formula is C17H19F3N6O2. The summed E-state index contributed by atoms with van der Waals surface area (Å²) in [5.74, 6) is 0.431. The SMILES string of the molecule is Cc1cnc(N2CCN(C(=O)CCc3cc(C(F)(F)F)c(=O)[nH]n3)CC2)nc1. The molecule has 0 spiro atoms. The molecule has 28 heavy (non-hydrogen) atoms. The molecule has 0 aromatic carbocycles. The van der Waals surface area contributed by atoms with E-state index in [0.29, 0.717) is 38.2 Å². The summed E-state index contributed by atoms with van der Waals surface area (Å²) in [6.07, 6.45) is -1.28. The number of nitrogens with one attached hydrogen (secondary N) is 1. The van der Waals surface area contributed by atoms with Gasteiger partial charge in [0.05, 0.1) is 5.69 Å². The van der Waals surface area contributed by atoms with Crippen LogP contribution < -0.4 is 10.5 Å². The average Bonchev–Trinajstić information content (AvgIpc) is 2.67. The number of rotatable bonds is 4. The van der Waals surface area contributed by atoms with Crippen molar-refractivity contribution in [2.24, 2.45) is 0 Å². The predicted molar refractivity (Wildman–Crippen MR) is 93.7 cm³/mol. The quantitative estimate of drug-likeness (QED) is 0.834. The van der Waals surface area contributed by atoms with Crippen LogP contribution in [0.4, 0.5) is 19.1 Å². The molecule has 3 heterocycles. The van der Waals surface area contributed by atoms with Crippen LogP contribution >= 0.6 is 0 Å². The molecule has 2 aromatic heterocycles. The van der Waals surface area contributed by atoms with E-state index in [1.54, 1.807) is 17.3 Å². The Morgan fingerprint density at radius 2 is 1.82 bits per heavy atom. The Labute approximate surface area is 158 Å². The van der Waals surface area contributed by atoms with Crippen LogP contribution in [0.15, 0.2) is 23.3 Å². The van der Waals surface area contributed by atoms with Crippen LogP contribution in [-0.2, 0) is 17.4 Å². The summed E-state index contributed by atoms with van der Waals surface area (Å²) in [5.41, 5.74) is -1.62. The first-order valence-corrected chi connectivity index (χ1v) is 8.71. The monoisotopic (exact) mass is 396 g/mol. The number of H-pyrrole nitrogens is 1. The molecule has 1 saturated heterocycles. The van der Waals surface area contributed by atoms with Crippen molar-refractivity contribution >= 4 is 11.9 Å². The number of aryl methyl sites for hydroxylation is 2. The minimum Gasteiger partial charge on any atom is -0.339 e. The number of anilines is 1. The van der Waals surface area contributed by atoms with E-state index < -0.39 is 17.3 Å². The van der Waals surface area contributed by atoms with Gasteiger partial charge in [-0.15, -0.1) is 0 Å². The summed E-state index contributed by atoms with van der Waals surface area (Å²) in [6, 6.07) is 0.693. The maximum Gasteiger partial charge on any atom is 0.421 e. The van der Waals surface area contributed by atoms with Gasteiger partial charge in [0.2, 0.25) is 11.9 Å². The van der Waals surface area contributed by atoms with E-state index in [0.717, 1.165) is 5.56 Å². The predicted octanol–water partition coefficient (Wildman–Crippen LogP) is 1.17. The highest BCUT2D eigenvalue weighted by Gasteiger charge is 2.34. The molecule has 0 unspecified atom stereocenters. The molecule has 0 aliphatic carbocycles. The number of aromatic nitrogens is 4. The molecule has 1 fully saturated rings. The fraction of sp³-hybridized carbons (Fsp3) is 0.471. The number of hydrogen-bond acceptors (Lipinski definition) is 6. The topological polar surface area (TPSA) is 95.1 Å². The van der Waals surface area contributed by atoms with Crippen LogP contribution in [-0.4, -0.2) is 57.2 Å². The largest absolute Gasteiger partial charge is 0.421 e. The fourth-order valence-electron chi connectivity index (χ4n) is 2.88. The van der Waals surface area contributed by atoms with Gasteiger partial charge < -0.3 is 9.80 Å². The Morgan fingerprint density at radius 3 is 2.43 bits per heavy atom. The number of halogens is 3. The lowest BCUT2D eigenvalue weighted by molar-refractivity contribution is -0.138. The molecule has 150 valence electrons. The van der Waals surface area contributed by atoms with Crippen molar-refractivity contribution in [3.05, 3.63) is 45.6 Å². The normalized spacial score (nSPS) is 15.0. The lowest BCUT2D eigenvalue weighted by atomic mass is 10.1. The number of hydrogen-bond donors (Lipinski definition) is 1. The zero-order valence-electron chi connectivity index (χ0n) is 15.2. The second-order valence-corrected chi connectivity index (χ2v) is 6.53. The van der Waals surface area contributed by atoms with Crippen molar-refractivity contribution in [1.82, 2.24) is 25.1 Å². The van der Waals surface area contributed by atoms with Crippen LogP contribution in [0.25, 0.3) is 0 Å². The van der Waals surface area contributed by atoms with E-state index in [1.165, 1.54) is 0 Å². The van der Waals surface area contributed by atoms with Gasteiger partial charge in [-0.25, -0.2) is 15.1 Å². The van der Waals surface area contributed by atoms with E-state index in [1.807, 2.05) is 16.9 Å². The number of carbonyl (C=O) groups is 1. The molecule has 11 heteroatoms. The van der Waals surface area contributed by atoms with Crippen molar-refractivity contribution in [2.75, 3.05) is 31.1 Å². The van der Waals surface area contributed by atoms with E-state index in [9.17, 15) is 22.8 Å². The summed E-state index contributed by atoms with van der Waals surface area (Å²) in [6.45, 7) is 4.00. The maximum atomic E-state index is 12.8. The summed E-state index contributed by atoms with van der Waals surface area (Å²) >= 11 is 0. The Morgan fingerprint density at radius 1 is 1.18 bits per heavy atom. The molecule has 1 aliphatic rings. The molecule has 0 radical (unpaired) electrons. The van der Waals surface area contributed by atoms with Gasteiger partial charge in [0.1, 0.15) is 5.56 Å². The van der Waals surface area contributed by atoms with Crippen LogP contribution in [0.2, 0.25) is 0 Å². The van der Waals surface area contributed by atoms with Gasteiger partial charge in [0.15, 0.2) is 0 Å². The molecule has 0 saturated carbocycles. The van der Waals surface area contributed by atoms with Gasteiger partial charge in [-0.3, -0.25) is 9.59 Å². The van der Waals surface area contributed by atoms with E-state index >= 15 is 0 Å². The molecule has 0 atom stereocenters. The maximum absolute atomic E-state index is 12.8. The number of piperazine rings is 1. The zero-order chi connectivity index (χ0) is 20.3. The highest BCUT2D eigenvalue weighted by atomic mass is 19.4. The van der Waals surface area contributed by atoms with Crippen LogP contribution in [0.5, 0.6) is 0 Å². The summed E-state index contributed by atoms with van der Waals surface area (Å²) < 4.78 is 38.3. The number of aromatic amines is 1. The van der Waals surface area contributed by atoms with Crippen molar-refractivity contribution in [1.29, 1.82) is 0 Å². The summed E-state index contributed by atoms with van der Waals surface area (Å²) in [4.78, 5) is 35.8. The second kappa shape index (κ2) is 7.95.